The first-order valence-corrected chi connectivity index (χ1v) is 8.69. The van der Waals surface area contributed by atoms with Gasteiger partial charge in [-0.3, -0.25) is 10.3 Å². The van der Waals surface area contributed by atoms with Crippen LogP contribution in [0, 0.1) is 5.41 Å². The molecule has 1 aromatic carbocycles. The van der Waals surface area contributed by atoms with Crippen molar-refractivity contribution in [2.45, 2.75) is 0 Å². The molecule has 0 atom stereocenters. The van der Waals surface area contributed by atoms with Gasteiger partial charge in [0.05, 0.1) is 17.8 Å². The van der Waals surface area contributed by atoms with Gasteiger partial charge in [0.2, 0.25) is 0 Å². The van der Waals surface area contributed by atoms with Gasteiger partial charge in [-0.2, -0.15) is 0 Å². The van der Waals surface area contributed by atoms with Crippen LogP contribution in [0.5, 0.6) is 0 Å². The van der Waals surface area contributed by atoms with Crippen LogP contribution in [0.1, 0.15) is 5.01 Å². The first kappa shape index (κ1) is 14.1. The second kappa shape index (κ2) is 5.60. The van der Waals surface area contributed by atoms with Gasteiger partial charge in [-0.1, -0.05) is 30.3 Å². The van der Waals surface area contributed by atoms with E-state index in [1.165, 1.54) is 22.7 Å². The highest BCUT2D eigenvalue weighted by Crippen LogP contribution is 2.34. The van der Waals surface area contributed by atoms with Crippen LogP contribution in [0.15, 0.2) is 53.0 Å². The summed E-state index contributed by atoms with van der Waals surface area (Å²) in [5.74, 6) is 0.408. The maximum absolute atomic E-state index is 10.3. The molecule has 23 heavy (non-hydrogen) atoms. The lowest BCUT2D eigenvalue weighted by Gasteiger charge is -2.14. The zero-order chi connectivity index (χ0) is 15.8. The minimum Gasteiger partial charge on any atom is -0.510 e. The molecule has 0 aliphatic carbocycles. The van der Waals surface area contributed by atoms with E-state index in [1.807, 2.05) is 41.1 Å². The third-order valence-corrected chi connectivity index (χ3v) is 5.20. The van der Waals surface area contributed by atoms with Gasteiger partial charge in [0.1, 0.15) is 16.6 Å². The summed E-state index contributed by atoms with van der Waals surface area (Å²) < 4.78 is 0. The monoisotopic (exact) mass is 340 g/mol. The number of aromatic nitrogens is 2. The SMILES string of the molecule is N=C1C(c2nc(-c3ccccc3)cs2)=C(O)CN1c1nccs1. The smallest absolute Gasteiger partial charge is 0.191 e. The Labute approximate surface area is 140 Å². The molecule has 0 saturated carbocycles. The lowest BCUT2D eigenvalue weighted by Crippen LogP contribution is -2.25. The molecule has 0 saturated heterocycles. The Hall–Kier alpha value is -2.51. The number of aliphatic hydroxyl groups is 1. The second-order valence-electron chi connectivity index (χ2n) is 4.98. The number of amidine groups is 1. The summed E-state index contributed by atoms with van der Waals surface area (Å²) in [5.41, 5.74) is 2.37. The molecular weight excluding hydrogens is 328 g/mol. The summed E-state index contributed by atoms with van der Waals surface area (Å²) in [7, 11) is 0. The first-order valence-electron chi connectivity index (χ1n) is 6.93. The number of hydrogen-bond donors (Lipinski definition) is 2. The number of thiazole rings is 2. The number of rotatable bonds is 3. The molecule has 0 spiro atoms. The van der Waals surface area contributed by atoms with Crippen molar-refractivity contribution in [3.63, 3.8) is 0 Å². The van der Waals surface area contributed by atoms with Gasteiger partial charge in [0, 0.05) is 22.5 Å². The minimum absolute atomic E-state index is 0.166. The van der Waals surface area contributed by atoms with Crippen LogP contribution in [0.25, 0.3) is 16.8 Å². The first-order chi connectivity index (χ1) is 11.2. The van der Waals surface area contributed by atoms with Crippen molar-refractivity contribution in [1.82, 2.24) is 9.97 Å². The third kappa shape index (κ3) is 2.43. The predicted octanol–water partition coefficient (Wildman–Crippen LogP) is 4.03. The Morgan fingerprint density at radius 3 is 2.74 bits per heavy atom. The molecule has 0 radical (unpaired) electrons. The van der Waals surface area contributed by atoms with Gasteiger partial charge in [-0.25, -0.2) is 9.97 Å². The molecule has 7 heteroatoms. The van der Waals surface area contributed by atoms with Gasteiger partial charge in [-0.15, -0.1) is 22.7 Å². The van der Waals surface area contributed by atoms with E-state index in [2.05, 4.69) is 9.97 Å². The number of nitrogens with one attached hydrogen (secondary N) is 1. The molecule has 0 amide bonds. The molecule has 2 aromatic heterocycles. The number of nitrogens with zero attached hydrogens (tertiary/aromatic N) is 3. The molecule has 1 aliphatic rings. The Balaban J connectivity index is 1.67. The van der Waals surface area contributed by atoms with E-state index in [9.17, 15) is 5.11 Å². The van der Waals surface area contributed by atoms with E-state index in [1.54, 1.807) is 11.1 Å². The van der Waals surface area contributed by atoms with E-state index < -0.39 is 0 Å². The van der Waals surface area contributed by atoms with Gasteiger partial charge in [0.15, 0.2) is 5.13 Å². The fourth-order valence-electron chi connectivity index (χ4n) is 2.45. The van der Waals surface area contributed by atoms with Crippen molar-refractivity contribution in [1.29, 1.82) is 5.41 Å². The molecular formula is C16H12N4OS2. The molecule has 0 fully saturated rings. The van der Waals surface area contributed by atoms with Crippen molar-refractivity contribution >= 4 is 39.2 Å². The Kier molecular flexibility index (Phi) is 3.44. The van der Waals surface area contributed by atoms with Crippen molar-refractivity contribution in [3.05, 3.63) is 58.1 Å². The number of aliphatic hydroxyl groups excluding tert-OH is 1. The summed E-state index contributed by atoms with van der Waals surface area (Å²) >= 11 is 2.88. The van der Waals surface area contributed by atoms with Crippen LogP contribution in [0.3, 0.4) is 0 Å². The Morgan fingerprint density at radius 2 is 2.00 bits per heavy atom. The van der Waals surface area contributed by atoms with E-state index in [4.69, 9.17) is 5.41 Å². The lowest BCUT2D eigenvalue weighted by molar-refractivity contribution is 0.411. The summed E-state index contributed by atoms with van der Waals surface area (Å²) in [5, 5.41) is 23.8. The van der Waals surface area contributed by atoms with E-state index in [-0.39, 0.29) is 18.1 Å². The minimum atomic E-state index is 0.166. The van der Waals surface area contributed by atoms with Crippen LogP contribution in [-0.4, -0.2) is 27.5 Å². The van der Waals surface area contributed by atoms with Crippen molar-refractivity contribution < 1.29 is 5.11 Å². The van der Waals surface area contributed by atoms with Crippen LogP contribution >= 0.6 is 22.7 Å². The summed E-state index contributed by atoms with van der Waals surface area (Å²) in [4.78, 5) is 10.5. The summed E-state index contributed by atoms with van der Waals surface area (Å²) in [6, 6.07) is 9.88. The molecule has 3 heterocycles. The quantitative estimate of drug-likeness (QED) is 0.755. The maximum atomic E-state index is 10.3. The largest absolute Gasteiger partial charge is 0.510 e. The fourth-order valence-corrected chi connectivity index (χ4v) is 3.99. The van der Waals surface area contributed by atoms with E-state index in [0.29, 0.717) is 15.7 Å². The molecule has 0 bridgehead atoms. The molecule has 114 valence electrons. The highest BCUT2D eigenvalue weighted by Gasteiger charge is 2.32. The molecule has 4 rings (SSSR count). The maximum Gasteiger partial charge on any atom is 0.191 e. The standard InChI is InChI=1S/C16H12N4OS2/c17-14-13(12(21)8-20(14)16-18-6-7-22-16)15-19-11(9-23-15)10-4-2-1-3-5-10/h1-7,9,17,21H,8H2. The van der Waals surface area contributed by atoms with Gasteiger partial charge in [-0.05, 0) is 0 Å². The highest BCUT2D eigenvalue weighted by molar-refractivity contribution is 7.14. The van der Waals surface area contributed by atoms with Crippen molar-refractivity contribution in [2.75, 3.05) is 11.4 Å². The van der Waals surface area contributed by atoms with Crippen LogP contribution in [0.2, 0.25) is 0 Å². The van der Waals surface area contributed by atoms with Crippen molar-refractivity contribution in [3.8, 4) is 11.3 Å². The molecule has 1 aliphatic heterocycles. The van der Waals surface area contributed by atoms with Crippen LogP contribution < -0.4 is 4.90 Å². The molecule has 5 nitrogen and oxygen atoms in total. The summed E-state index contributed by atoms with van der Waals surface area (Å²) in [6.07, 6.45) is 1.69. The Morgan fingerprint density at radius 1 is 1.17 bits per heavy atom. The number of benzene rings is 1. The lowest BCUT2D eigenvalue weighted by atomic mass is 10.2. The normalized spacial score (nSPS) is 14.8. The third-order valence-electron chi connectivity index (χ3n) is 3.54. The molecule has 2 N–H and O–H groups in total. The zero-order valence-electron chi connectivity index (χ0n) is 11.9. The van der Waals surface area contributed by atoms with Gasteiger partial charge < -0.3 is 5.11 Å². The zero-order valence-corrected chi connectivity index (χ0v) is 13.6. The van der Waals surface area contributed by atoms with Crippen molar-refractivity contribution in [2.24, 2.45) is 0 Å². The number of hydrogen-bond acceptors (Lipinski definition) is 6. The topological polar surface area (TPSA) is 73.1 Å². The van der Waals surface area contributed by atoms with E-state index in [0.717, 1.165) is 11.3 Å². The van der Waals surface area contributed by atoms with E-state index >= 15 is 0 Å². The number of anilines is 1. The molecule has 0 unspecified atom stereocenters. The molecule has 3 aromatic rings. The Bertz CT molecular complexity index is 884. The second-order valence-corrected chi connectivity index (χ2v) is 6.71. The fraction of sp³-hybridized carbons (Fsp3) is 0.0625. The van der Waals surface area contributed by atoms with Gasteiger partial charge >= 0.3 is 0 Å². The average molecular weight is 340 g/mol. The average Bonchev–Trinajstić information content (AvgIpc) is 3.29. The highest BCUT2D eigenvalue weighted by atomic mass is 32.1. The summed E-state index contributed by atoms with van der Waals surface area (Å²) in [6.45, 7) is 0.266. The van der Waals surface area contributed by atoms with Gasteiger partial charge in [0.25, 0.3) is 0 Å². The van der Waals surface area contributed by atoms with Crippen LogP contribution in [0.4, 0.5) is 5.13 Å². The predicted molar refractivity (Wildman–Crippen MR) is 94.3 cm³/mol. The van der Waals surface area contributed by atoms with Crippen LogP contribution in [-0.2, 0) is 0 Å².